The first kappa shape index (κ1) is 22.1. The molecule has 1 amide bonds. The zero-order valence-electron chi connectivity index (χ0n) is 16.4. The first-order chi connectivity index (χ1) is 14.8. The molecule has 6 nitrogen and oxygen atoms in total. The number of carbonyl (C=O) groups excluding carboxylic acids is 1. The van der Waals surface area contributed by atoms with E-state index in [0.29, 0.717) is 10.7 Å². The van der Waals surface area contributed by atoms with Gasteiger partial charge in [-0.2, -0.15) is 13.7 Å². The van der Waals surface area contributed by atoms with Crippen LogP contribution in [0.5, 0.6) is 5.75 Å². The molecular weight excluding hydrogens is 436 g/mol. The summed E-state index contributed by atoms with van der Waals surface area (Å²) in [6.45, 7) is 1.84. The first-order valence-corrected chi connectivity index (χ1v) is 10.9. The molecule has 1 N–H and O–H groups in total. The fraction of sp³-hybridized carbons (Fsp3) is 0.0435. The number of nitrogens with zero attached hydrogens (tertiary/aromatic N) is 1. The van der Waals surface area contributed by atoms with E-state index in [-0.39, 0.29) is 21.8 Å². The predicted octanol–water partition coefficient (Wildman–Crippen LogP) is 4.96. The van der Waals surface area contributed by atoms with Crippen molar-refractivity contribution in [2.75, 3.05) is 5.32 Å². The van der Waals surface area contributed by atoms with Crippen LogP contribution in [0.3, 0.4) is 0 Å². The molecule has 0 radical (unpaired) electrons. The maximum Gasteiger partial charge on any atom is 0.339 e. The van der Waals surface area contributed by atoms with Gasteiger partial charge < -0.3 is 9.50 Å². The lowest BCUT2D eigenvalue weighted by Gasteiger charge is -2.10. The Labute approximate surface area is 185 Å². The molecule has 0 unspecified atom stereocenters. The molecule has 0 saturated carbocycles. The number of aryl methyl sites for hydroxylation is 1. The van der Waals surface area contributed by atoms with E-state index in [4.69, 9.17) is 15.8 Å². The minimum atomic E-state index is -4.10. The van der Waals surface area contributed by atoms with Crippen molar-refractivity contribution in [3.8, 4) is 11.8 Å². The molecule has 0 atom stereocenters. The van der Waals surface area contributed by atoms with E-state index in [1.54, 1.807) is 54.6 Å². The molecule has 156 valence electrons. The lowest BCUT2D eigenvalue weighted by molar-refractivity contribution is -0.112. The molecule has 0 aliphatic heterocycles. The van der Waals surface area contributed by atoms with Crippen molar-refractivity contribution in [1.29, 1.82) is 5.26 Å². The van der Waals surface area contributed by atoms with Crippen molar-refractivity contribution >= 4 is 39.4 Å². The number of carbonyl (C=O) groups is 1. The van der Waals surface area contributed by atoms with Gasteiger partial charge in [0.15, 0.2) is 0 Å². The number of rotatable bonds is 6. The van der Waals surface area contributed by atoms with E-state index in [9.17, 15) is 18.5 Å². The minimum absolute atomic E-state index is 0.00362. The Morgan fingerprint density at radius 2 is 1.77 bits per heavy atom. The number of para-hydroxylation sites is 1. The number of halogens is 1. The monoisotopic (exact) mass is 452 g/mol. The van der Waals surface area contributed by atoms with E-state index in [1.165, 1.54) is 24.3 Å². The zero-order chi connectivity index (χ0) is 22.4. The van der Waals surface area contributed by atoms with Crippen LogP contribution in [0.15, 0.2) is 83.3 Å². The van der Waals surface area contributed by atoms with Gasteiger partial charge >= 0.3 is 10.1 Å². The number of anilines is 1. The Hall–Kier alpha value is -3.60. The highest BCUT2D eigenvalue weighted by atomic mass is 35.5. The molecular formula is C23H17ClN2O4S. The largest absolute Gasteiger partial charge is 0.378 e. The number of amides is 1. The van der Waals surface area contributed by atoms with Gasteiger partial charge in [-0.15, -0.1) is 0 Å². The van der Waals surface area contributed by atoms with Crippen LogP contribution in [-0.4, -0.2) is 14.3 Å². The third-order valence-corrected chi connectivity index (χ3v) is 5.66. The highest BCUT2D eigenvalue weighted by Gasteiger charge is 2.19. The van der Waals surface area contributed by atoms with Gasteiger partial charge in [-0.25, -0.2) is 0 Å². The maximum atomic E-state index is 12.6. The summed E-state index contributed by atoms with van der Waals surface area (Å²) in [4.78, 5) is 12.5. The third kappa shape index (κ3) is 5.72. The SMILES string of the molecule is Cc1ccc(S(=O)(=O)Oc2ccccc2/C=C(\C#N)C(=O)Nc2cccc(Cl)c2)cc1. The van der Waals surface area contributed by atoms with Crippen LogP contribution in [-0.2, 0) is 14.9 Å². The Morgan fingerprint density at radius 1 is 1.06 bits per heavy atom. The Balaban J connectivity index is 1.89. The van der Waals surface area contributed by atoms with Crippen LogP contribution in [0.25, 0.3) is 6.08 Å². The highest BCUT2D eigenvalue weighted by Crippen LogP contribution is 2.26. The molecule has 3 aromatic rings. The van der Waals surface area contributed by atoms with Crippen molar-refractivity contribution in [1.82, 2.24) is 0 Å². The normalized spacial score (nSPS) is 11.5. The summed E-state index contributed by atoms with van der Waals surface area (Å²) in [6.07, 6.45) is 1.26. The van der Waals surface area contributed by atoms with E-state index in [0.717, 1.165) is 5.56 Å². The number of hydrogen-bond donors (Lipinski definition) is 1. The number of nitrogens with one attached hydrogen (secondary N) is 1. The number of hydrogen-bond acceptors (Lipinski definition) is 5. The van der Waals surface area contributed by atoms with Gasteiger partial charge in [0.05, 0.1) is 0 Å². The van der Waals surface area contributed by atoms with E-state index < -0.39 is 16.0 Å². The molecule has 8 heteroatoms. The topological polar surface area (TPSA) is 96.3 Å². The lowest BCUT2D eigenvalue weighted by atomic mass is 10.1. The Morgan fingerprint density at radius 3 is 2.45 bits per heavy atom. The van der Waals surface area contributed by atoms with Crippen LogP contribution in [0.4, 0.5) is 5.69 Å². The molecule has 0 bridgehead atoms. The molecule has 0 saturated heterocycles. The molecule has 0 fully saturated rings. The molecule has 0 aromatic heterocycles. The van der Waals surface area contributed by atoms with E-state index in [1.807, 2.05) is 13.0 Å². The van der Waals surface area contributed by atoms with Crippen LogP contribution >= 0.6 is 11.6 Å². The van der Waals surface area contributed by atoms with Gasteiger partial charge in [0.2, 0.25) is 0 Å². The smallest absolute Gasteiger partial charge is 0.339 e. The standard InChI is InChI=1S/C23H17ClN2O4S/c1-16-9-11-21(12-10-16)31(28,29)30-22-8-3-2-5-17(22)13-18(15-25)23(27)26-20-7-4-6-19(24)14-20/h2-14H,1H3,(H,26,27)/b18-13+. The van der Waals surface area contributed by atoms with Gasteiger partial charge in [-0.3, -0.25) is 4.79 Å². The second-order valence-corrected chi connectivity index (χ2v) is 8.51. The maximum absolute atomic E-state index is 12.6. The Bertz CT molecular complexity index is 1290. The fourth-order valence-electron chi connectivity index (χ4n) is 2.62. The molecule has 0 aliphatic rings. The summed E-state index contributed by atoms with van der Waals surface area (Å²) in [5, 5.41) is 12.5. The first-order valence-electron chi connectivity index (χ1n) is 9.07. The van der Waals surface area contributed by atoms with Gasteiger partial charge in [0, 0.05) is 16.3 Å². The van der Waals surface area contributed by atoms with Gasteiger partial charge in [0.25, 0.3) is 5.91 Å². The third-order valence-electron chi connectivity index (χ3n) is 4.18. The average Bonchev–Trinajstić information content (AvgIpc) is 2.73. The Kier molecular flexibility index (Phi) is 6.75. The van der Waals surface area contributed by atoms with Crippen molar-refractivity contribution in [2.24, 2.45) is 0 Å². The second-order valence-electron chi connectivity index (χ2n) is 6.52. The lowest BCUT2D eigenvalue weighted by Crippen LogP contribution is -2.14. The summed E-state index contributed by atoms with van der Waals surface area (Å²) in [7, 11) is -4.10. The average molecular weight is 453 g/mol. The molecule has 0 heterocycles. The summed E-state index contributed by atoms with van der Waals surface area (Å²) < 4.78 is 30.5. The van der Waals surface area contributed by atoms with E-state index >= 15 is 0 Å². The van der Waals surface area contributed by atoms with Crippen molar-refractivity contribution in [2.45, 2.75) is 11.8 Å². The molecule has 3 rings (SSSR count). The van der Waals surface area contributed by atoms with Gasteiger partial charge in [0.1, 0.15) is 22.3 Å². The highest BCUT2D eigenvalue weighted by molar-refractivity contribution is 7.87. The van der Waals surface area contributed by atoms with Crippen molar-refractivity contribution in [3.05, 3.63) is 94.5 Å². The minimum Gasteiger partial charge on any atom is -0.378 e. The van der Waals surface area contributed by atoms with Gasteiger partial charge in [-0.1, -0.05) is 53.6 Å². The fourth-order valence-corrected chi connectivity index (χ4v) is 3.76. The van der Waals surface area contributed by atoms with Crippen LogP contribution in [0.1, 0.15) is 11.1 Å². The molecule has 0 aliphatic carbocycles. The van der Waals surface area contributed by atoms with Crippen LogP contribution in [0, 0.1) is 18.3 Å². The summed E-state index contributed by atoms with van der Waals surface area (Å²) in [5.74, 6) is -0.674. The second kappa shape index (κ2) is 9.47. The van der Waals surface area contributed by atoms with Crippen molar-refractivity contribution < 1.29 is 17.4 Å². The number of nitriles is 1. The van der Waals surface area contributed by atoms with Crippen LogP contribution < -0.4 is 9.50 Å². The molecule has 0 spiro atoms. The summed E-state index contributed by atoms with van der Waals surface area (Å²) in [6, 6.07) is 20.8. The summed E-state index contributed by atoms with van der Waals surface area (Å²) >= 11 is 5.91. The summed E-state index contributed by atoms with van der Waals surface area (Å²) in [5.41, 5.74) is 1.36. The quantitative estimate of drug-likeness (QED) is 0.324. The molecule has 31 heavy (non-hydrogen) atoms. The van der Waals surface area contributed by atoms with Crippen molar-refractivity contribution in [3.63, 3.8) is 0 Å². The molecule has 3 aromatic carbocycles. The predicted molar refractivity (Wildman–Crippen MR) is 119 cm³/mol. The zero-order valence-corrected chi connectivity index (χ0v) is 17.9. The van der Waals surface area contributed by atoms with Crippen LogP contribution in [0.2, 0.25) is 5.02 Å². The van der Waals surface area contributed by atoms with Gasteiger partial charge in [-0.05, 0) is 49.4 Å². The van der Waals surface area contributed by atoms with E-state index in [2.05, 4.69) is 5.32 Å². The number of benzene rings is 3.